The quantitative estimate of drug-likeness (QED) is 0.560. The SMILES string of the molecule is Fc1ccc(OCCCN2CCCC([C@@H]3C[C@H](C(F)(F)F)n4ncnc4N3)C2)cc1. The first-order valence-corrected chi connectivity index (χ1v) is 10.2. The Kier molecular flexibility index (Phi) is 6.12. The largest absolute Gasteiger partial charge is 0.494 e. The van der Waals surface area contributed by atoms with Crippen LogP contribution in [0.4, 0.5) is 23.5 Å². The average molecular weight is 427 g/mol. The number of piperidine rings is 1. The molecule has 3 heterocycles. The van der Waals surface area contributed by atoms with E-state index in [1.807, 2.05) is 0 Å². The smallest absolute Gasteiger partial charge is 0.411 e. The molecule has 1 aromatic heterocycles. The minimum atomic E-state index is -4.35. The summed E-state index contributed by atoms with van der Waals surface area (Å²) in [6.07, 6.45) is -0.593. The Morgan fingerprint density at radius 2 is 2.00 bits per heavy atom. The number of ether oxygens (including phenoxy) is 1. The Hall–Kier alpha value is -2.36. The summed E-state index contributed by atoms with van der Waals surface area (Å²) in [7, 11) is 0. The van der Waals surface area contributed by atoms with Crippen molar-refractivity contribution in [3.63, 3.8) is 0 Å². The van der Waals surface area contributed by atoms with E-state index in [0.717, 1.165) is 49.9 Å². The van der Waals surface area contributed by atoms with Crippen molar-refractivity contribution in [1.82, 2.24) is 19.7 Å². The third-order valence-corrected chi connectivity index (χ3v) is 5.85. The van der Waals surface area contributed by atoms with E-state index in [2.05, 4.69) is 20.3 Å². The third kappa shape index (κ3) is 4.85. The molecule has 1 N–H and O–H groups in total. The minimum absolute atomic E-state index is 0.0357. The van der Waals surface area contributed by atoms with Crippen molar-refractivity contribution in [2.75, 3.05) is 31.6 Å². The van der Waals surface area contributed by atoms with Crippen LogP contribution < -0.4 is 10.1 Å². The monoisotopic (exact) mass is 427 g/mol. The lowest BCUT2D eigenvalue weighted by Gasteiger charge is -2.41. The van der Waals surface area contributed by atoms with Gasteiger partial charge in [-0.2, -0.15) is 23.3 Å². The average Bonchev–Trinajstić information content (AvgIpc) is 3.20. The number of anilines is 1. The van der Waals surface area contributed by atoms with Crippen LogP contribution in [0.2, 0.25) is 0 Å². The van der Waals surface area contributed by atoms with Gasteiger partial charge in [0.25, 0.3) is 0 Å². The number of halogens is 4. The second-order valence-electron chi connectivity index (χ2n) is 7.93. The number of hydrogen-bond donors (Lipinski definition) is 1. The maximum Gasteiger partial charge on any atom is 0.411 e. The summed E-state index contributed by atoms with van der Waals surface area (Å²) in [4.78, 5) is 6.25. The number of aromatic nitrogens is 3. The predicted molar refractivity (Wildman–Crippen MR) is 103 cm³/mol. The van der Waals surface area contributed by atoms with Crippen LogP contribution >= 0.6 is 0 Å². The molecule has 1 unspecified atom stereocenters. The molecule has 1 saturated heterocycles. The van der Waals surface area contributed by atoms with Gasteiger partial charge in [0, 0.05) is 19.1 Å². The predicted octanol–water partition coefficient (Wildman–Crippen LogP) is 3.89. The number of fused-ring (bicyclic) bond motifs is 1. The Labute approximate surface area is 172 Å². The first kappa shape index (κ1) is 20.9. The van der Waals surface area contributed by atoms with E-state index in [-0.39, 0.29) is 30.1 Å². The molecule has 6 nitrogen and oxygen atoms in total. The number of benzene rings is 1. The maximum atomic E-state index is 13.5. The van der Waals surface area contributed by atoms with Gasteiger partial charge in [-0.05, 0) is 62.4 Å². The lowest BCUT2D eigenvalue weighted by Crippen LogP contribution is -2.48. The molecular weight excluding hydrogens is 402 g/mol. The molecule has 2 aromatic rings. The van der Waals surface area contributed by atoms with Gasteiger partial charge in [0.1, 0.15) is 17.9 Å². The zero-order valence-corrected chi connectivity index (χ0v) is 16.5. The molecule has 3 atom stereocenters. The maximum absolute atomic E-state index is 13.5. The fraction of sp³-hybridized carbons (Fsp3) is 0.600. The van der Waals surface area contributed by atoms with Crippen LogP contribution in [0.3, 0.4) is 0 Å². The lowest BCUT2D eigenvalue weighted by atomic mass is 9.86. The first-order chi connectivity index (χ1) is 14.4. The van der Waals surface area contributed by atoms with E-state index >= 15 is 0 Å². The van der Waals surface area contributed by atoms with Gasteiger partial charge in [-0.15, -0.1) is 0 Å². The molecular formula is C20H25F4N5O. The highest BCUT2D eigenvalue weighted by molar-refractivity contribution is 5.30. The Morgan fingerprint density at radius 3 is 2.77 bits per heavy atom. The van der Waals surface area contributed by atoms with Crippen LogP contribution in [-0.4, -0.2) is 58.1 Å². The molecule has 0 bridgehead atoms. The number of likely N-dealkylation sites (tertiary alicyclic amines) is 1. The normalized spacial score (nSPS) is 24.9. The van der Waals surface area contributed by atoms with Crippen LogP contribution in [0.25, 0.3) is 0 Å². The highest BCUT2D eigenvalue weighted by Gasteiger charge is 2.48. The number of nitrogens with one attached hydrogen (secondary N) is 1. The summed E-state index contributed by atoms with van der Waals surface area (Å²) in [5.41, 5.74) is 0. The second-order valence-corrected chi connectivity index (χ2v) is 7.93. The number of rotatable bonds is 6. The fourth-order valence-electron chi connectivity index (χ4n) is 4.36. The summed E-state index contributed by atoms with van der Waals surface area (Å²) in [6.45, 7) is 2.99. The van der Waals surface area contributed by atoms with Gasteiger partial charge in [-0.25, -0.2) is 9.07 Å². The molecule has 30 heavy (non-hydrogen) atoms. The standard InChI is InChI=1S/C20H25F4N5O/c21-15-4-6-16(7-5-15)30-10-2-9-28-8-1-3-14(12-28)17-11-18(20(22,23)24)29-19(27-17)25-13-26-29/h4-7,13-14,17-18H,1-3,8-12H2,(H,25,26,27)/t14?,17-,18+/m0/s1. The fourth-order valence-corrected chi connectivity index (χ4v) is 4.36. The van der Waals surface area contributed by atoms with Gasteiger partial charge in [-0.3, -0.25) is 0 Å². The van der Waals surface area contributed by atoms with Crippen molar-refractivity contribution in [1.29, 1.82) is 0 Å². The molecule has 164 valence electrons. The second kappa shape index (κ2) is 8.79. The van der Waals surface area contributed by atoms with Crippen LogP contribution in [0, 0.1) is 11.7 Å². The summed E-state index contributed by atoms with van der Waals surface area (Å²) in [5, 5.41) is 6.93. The van der Waals surface area contributed by atoms with E-state index in [0.29, 0.717) is 12.4 Å². The van der Waals surface area contributed by atoms with E-state index in [1.54, 1.807) is 12.1 Å². The van der Waals surface area contributed by atoms with Crippen LogP contribution in [0.1, 0.15) is 31.7 Å². The van der Waals surface area contributed by atoms with Crippen molar-refractivity contribution >= 4 is 5.95 Å². The van der Waals surface area contributed by atoms with E-state index in [4.69, 9.17) is 4.74 Å². The van der Waals surface area contributed by atoms with Gasteiger partial charge < -0.3 is 15.0 Å². The van der Waals surface area contributed by atoms with Crippen LogP contribution in [0.5, 0.6) is 5.75 Å². The van der Waals surface area contributed by atoms with Crippen molar-refractivity contribution in [2.24, 2.45) is 5.92 Å². The minimum Gasteiger partial charge on any atom is -0.494 e. The molecule has 10 heteroatoms. The van der Waals surface area contributed by atoms with Gasteiger partial charge >= 0.3 is 6.18 Å². The molecule has 0 radical (unpaired) electrons. The number of alkyl halides is 3. The molecule has 2 aliphatic heterocycles. The molecule has 1 fully saturated rings. The molecule has 0 amide bonds. The number of nitrogens with zero attached hydrogens (tertiary/aromatic N) is 4. The van der Waals surface area contributed by atoms with Crippen LogP contribution in [0.15, 0.2) is 30.6 Å². The van der Waals surface area contributed by atoms with Gasteiger partial charge in [0.2, 0.25) is 5.95 Å². The molecule has 2 aliphatic rings. The van der Waals surface area contributed by atoms with Crippen molar-refractivity contribution in [3.8, 4) is 5.75 Å². The van der Waals surface area contributed by atoms with E-state index in [1.165, 1.54) is 12.1 Å². The Bertz CT molecular complexity index is 825. The Balaban J connectivity index is 1.29. The van der Waals surface area contributed by atoms with Crippen molar-refractivity contribution in [2.45, 2.75) is 43.9 Å². The summed E-state index contributed by atoms with van der Waals surface area (Å²) in [5.74, 6) is 0.635. The summed E-state index contributed by atoms with van der Waals surface area (Å²) >= 11 is 0. The van der Waals surface area contributed by atoms with E-state index < -0.39 is 12.2 Å². The van der Waals surface area contributed by atoms with Crippen LogP contribution in [-0.2, 0) is 0 Å². The van der Waals surface area contributed by atoms with Crippen molar-refractivity contribution in [3.05, 3.63) is 36.4 Å². The highest BCUT2D eigenvalue weighted by Crippen LogP contribution is 2.40. The zero-order chi connectivity index (χ0) is 21.1. The summed E-state index contributed by atoms with van der Waals surface area (Å²) in [6, 6.07) is 3.98. The topological polar surface area (TPSA) is 55.2 Å². The summed E-state index contributed by atoms with van der Waals surface area (Å²) < 4.78 is 60.1. The molecule has 0 aliphatic carbocycles. The van der Waals surface area contributed by atoms with Crippen molar-refractivity contribution < 1.29 is 22.3 Å². The van der Waals surface area contributed by atoms with E-state index in [9.17, 15) is 17.6 Å². The third-order valence-electron chi connectivity index (χ3n) is 5.85. The molecule has 1 aromatic carbocycles. The first-order valence-electron chi connectivity index (χ1n) is 10.2. The highest BCUT2D eigenvalue weighted by atomic mass is 19.4. The Morgan fingerprint density at radius 1 is 1.20 bits per heavy atom. The molecule has 4 rings (SSSR count). The molecule has 0 saturated carbocycles. The lowest BCUT2D eigenvalue weighted by molar-refractivity contribution is -0.174. The van der Waals surface area contributed by atoms with Gasteiger partial charge in [-0.1, -0.05) is 0 Å². The van der Waals surface area contributed by atoms with Gasteiger partial charge in [0.15, 0.2) is 6.04 Å². The molecule has 0 spiro atoms. The zero-order valence-electron chi connectivity index (χ0n) is 16.5. The van der Waals surface area contributed by atoms with Gasteiger partial charge in [0.05, 0.1) is 6.61 Å². The number of hydrogen-bond acceptors (Lipinski definition) is 5.